The number of carbonyl (C=O) groups excluding carboxylic acids is 4. The number of hydrogen-bond donors (Lipinski definition) is 0. The molecule has 0 N–H and O–H groups in total. The molecule has 62 heavy (non-hydrogen) atoms. The molecule has 6 aromatic rings. The van der Waals surface area contributed by atoms with E-state index in [1.165, 1.54) is 38.3 Å². The number of benzene rings is 5. The van der Waals surface area contributed by atoms with E-state index in [-0.39, 0.29) is 55.2 Å². The van der Waals surface area contributed by atoms with E-state index in [9.17, 15) is 28.0 Å². The number of esters is 1. The quantitative estimate of drug-likeness (QED) is 0.0749. The van der Waals surface area contributed by atoms with Gasteiger partial charge < -0.3 is 28.5 Å². The highest BCUT2D eigenvalue weighted by molar-refractivity contribution is 6.00. The lowest BCUT2D eigenvalue weighted by atomic mass is 10.0. The third-order valence-corrected chi connectivity index (χ3v) is 10.5. The van der Waals surface area contributed by atoms with Crippen LogP contribution < -0.4 is 14.4 Å². The molecule has 1 aliphatic rings. The van der Waals surface area contributed by atoms with Crippen molar-refractivity contribution in [2.45, 2.75) is 73.0 Å². The molecule has 11 heteroatoms. The Morgan fingerprint density at radius 3 is 1.90 bits per heavy atom. The van der Waals surface area contributed by atoms with Crippen LogP contribution in [0.2, 0.25) is 0 Å². The highest BCUT2D eigenvalue weighted by Crippen LogP contribution is 2.37. The van der Waals surface area contributed by atoms with Crippen LogP contribution in [-0.2, 0) is 34.0 Å². The molecule has 1 fully saturated rings. The number of amides is 1. The van der Waals surface area contributed by atoms with Gasteiger partial charge in [0.15, 0.2) is 5.78 Å². The van der Waals surface area contributed by atoms with Gasteiger partial charge in [-0.05, 0) is 129 Å². The minimum atomic E-state index is -0.465. The molecular formula is C51H50F2N2O7. The number of hydrogen-bond acceptors (Lipinski definition) is 7. The summed E-state index contributed by atoms with van der Waals surface area (Å²) in [6.07, 6.45) is 2.52. The topological polar surface area (TPSA) is 104 Å². The lowest BCUT2D eigenvalue weighted by molar-refractivity contribution is -0.117. The summed E-state index contributed by atoms with van der Waals surface area (Å²) in [6.45, 7) is 8.61. The second-order valence-electron chi connectivity index (χ2n) is 15.2. The molecule has 320 valence electrons. The van der Waals surface area contributed by atoms with Crippen molar-refractivity contribution in [3.05, 3.63) is 166 Å². The average molecular weight is 841 g/mol. The van der Waals surface area contributed by atoms with E-state index >= 15 is 0 Å². The van der Waals surface area contributed by atoms with Crippen molar-refractivity contribution < 1.29 is 42.2 Å². The Morgan fingerprint density at radius 1 is 0.694 bits per heavy atom. The second kappa shape index (κ2) is 20.6. The molecule has 1 amide bonds. The van der Waals surface area contributed by atoms with Crippen LogP contribution in [0.3, 0.4) is 0 Å². The van der Waals surface area contributed by atoms with E-state index in [2.05, 4.69) is 17.6 Å². The molecule has 1 saturated heterocycles. The van der Waals surface area contributed by atoms with Gasteiger partial charge in [-0.3, -0.25) is 9.59 Å². The summed E-state index contributed by atoms with van der Waals surface area (Å²) in [4.78, 5) is 50.3. The summed E-state index contributed by atoms with van der Waals surface area (Å²) in [7, 11) is 1.35. The van der Waals surface area contributed by atoms with Gasteiger partial charge in [-0.15, -0.1) is 0 Å². The average Bonchev–Trinajstić information content (AvgIpc) is 3.89. The van der Waals surface area contributed by atoms with E-state index in [1.54, 1.807) is 53.4 Å². The maximum Gasteiger partial charge on any atom is 0.337 e. The summed E-state index contributed by atoms with van der Waals surface area (Å²) in [5.74, 6) is 0.0292. The maximum absolute atomic E-state index is 13.4. The number of rotatable bonds is 15. The first kappa shape index (κ1) is 44.7. The number of halogens is 2. The summed E-state index contributed by atoms with van der Waals surface area (Å²) in [5.41, 5.74) is 8.78. The van der Waals surface area contributed by atoms with Gasteiger partial charge in [0, 0.05) is 48.4 Å². The first-order chi connectivity index (χ1) is 29.8. The van der Waals surface area contributed by atoms with E-state index in [1.807, 2.05) is 50.2 Å². The number of Topliss-reactive ketones (excluding diaryl/α,β-unsaturated/α-hetero) is 2. The van der Waals surface area contributed by atoms with Crippen LogP contribution in [0.1, 0.15) is 88.2 Å². The van der Waals surface area contributed by atoms with Crippen molar-refractivity contribution in [2.24, 2.45) is 0 Å². The molecule has 0 radical (unpaired) electrons. The van der Waals surface area contributed by atoms with Crippen molar-refractivity contribution in [3.8, 4) is 28.4 Å². The number of ether oxygens (including phenoxy) is 3. The zero-order valence-corrected chi connectivity index (χ0v) is 35.6. The smallest absolute Gasteiger partial charge is 0.337 e. The molecule has 0 spiro atoms. The predicted molar refractivity (Wildman–Crippen MR) is 235 cm³/mol. The van der Waals surface area contributed by atoms with Crippen LogP contribution in [0.5, 0.6) is 11.5 Å². The fraction of sp³-hybridized carbons (Fsp3) is 0.255. The van der Waals surface area contributed by atoms with Crippen LogP contribution in [0, 0.1) is 25.5 Å². The van der Waals surface area contributed by atoms with E-state index in [4.69, 9.17) is 14.2 Å². The number of aryl methyl sites for hydroxylation is 3. The molecule has 0 unspecified atom stereocenters. The normalized spacial score (nSPS) is 12.1. The van der Waals surface area contributed by atoms with Crippen molar-refractivity contribution in [3.63, 3.8) is 0 Å². The van der Waals surface area contributed by atoms with Crippen molar-refractivity contribution in [1.82, 2.24) is 4.57 Å². The Morgan fingerprint density at radius 2 is 1.31 bits per heavy atom. The number of aromatic nitrogens is 1. The summed E-state index contributed by atoms with van der Waals surface area (Å²) < 4.78 is 45.4. The number of ketones is 2. The lowest BCUT2D eigenvalue weighted by Crippen LogP contribution is -2.24. The predicted octanol–water partition coefficient (Wildman–Crippen LogP) is 10.9. The van der Waals surface area contributed by atoms with Gasteiger partial charge in [-0.25, -0.2) is 13.6 Å². The molecule has 0 saturated carbocycles. The van der Waals surface area contributed by atoms with Gasteiger partial charge in [0.05, 0.1) is 23.9 Å². The third kappa shape index (κ3) is 11.3. The Kier molecular flexibility index (Phi) is 14.8. The van der Waals surface area contributed by atoms with Crippen LogP contribution in [0.25, 0.3) is 16.9 Å². The summed E-state index contributed by atoms with van der Waals surface area (Å²) in [6, 6.07) is 33.3. The second-order valence-corrected chi connectivity index (χ2v) is 15.2. The Hall–Kier alpha value is -6.88. The molecule has 0 bridgehead atoms. The fourth-order valence-electron chi connectivity index (χ4n) is 7.15. The molecule has 0 atom stereocenters. The molecule has 9 nitrogen and oxygen atoms in total. The monoisotopic (exact) mass is 840 g/mol. The van der Waals surface area contributed by atoms with Gasteiger partial charge in [-0.2, -0.15) is 0 Å². The standard InChI is InChI=1S/C32H31FN2O4.C19H19FO3/c1-4-22-10-14-30(39-20-23-8-11-25(33)12-9-23)28(16-22)29-13-7-21(2)35(29)27-18-24(32(37)38-3)17-26(19-27)34-15-5-6-31(34)36;1-13-3-10-19(17(11-13)18(22)9-4-14(2)21)23-12-15-5-7-16(20)8-6-15/h7-14,16-19H,4-6,15,20H2,1-3H3;3,5-8,10-11H,4,9,12H2,1-2H3. The largest absolute Gasteiger partial charge is 0.488 e. The number of nitrogens with zero attached hydrogens (tertiary/aromatic N) is 2. The molecule has 1 aromatic heterocycles. The highest BCUT2D eigenvalue weighted by Gasteiger charge is 2.25. The number of carbonyl (C=O) groups is 4. The fourth-order valence-corrected chi connectivity index (χ4v) is 7.15. The van der Waals surface area contributed by atoms with Gasteiger partial charge in [-0.1, -0.05) is 48.9 Å². The van der Waals surface area contributed by atoms with Crippen LogP contribution in [0.4, 0.5) is 14.5 Å². The van der Waals surface area contributed by atoms with E-state index < -0.39 is 5.97 Å². The van der Waals surface area contributed by atoms with Crippen molar-refractivity contribution in [2.75, 3.05) is 18.6 Å². The first-order valence-corrected chi connectivity index (χ1v) is 20.6. The van der Waals surface area contributed by atoms with Crippen LogP contribution in [0.15, 0.2) is 115 Å². The summed E-state index contributed by atoms with van der Waals surface area (Å²) in [5, 5.41) is 0. The number of anilines is 1. The van der Waals surface area contributed by atoms with Gasteiger partial charge in [0.2, 0.25) is 5.91 Å². The zero-order chi connectivity index (χ0) is 44.3. The Labute approximate surface area is 360 Å². The Balaban J connectivity index is 0.000000238. The SMILES string of the molecule is CC(=O)CCC(=O)c1cc(C)ccc1OCc1ccc(F)cc1.CCc1ccc(OCc2ccc(F)cc2)c(-c2ccc(C)n2-c2cc(C(=O)OC)cc(N3CCCC3=O)c2)c1. The molecular weight excluding hydrogens is 791 g/mol. The molecule has 7 rings (SSSR count). The molecule has 1 aliphatic heterocycles. The van der Waals surface area contributed by atoms with Crippen LogP contribution in [-0.4, -0.2) is 41.7 Å². The van der Waals surface area contributed by atoms with Gasteiger partial charge in [0.1, 0.15) is 42.1 Å². The minimum absolute atomic E-state index is 0.0141. The zero-order valence-electron chi connectivity index (χ0n) is 35.6. The summed E-state index contributed by atoms with van der Waals surface area (Å²) >= 11 is 0. The molecule has 0 aliphatic carbocycles. The molecule has 2 heterocycles. The first-order valence-electron chi connectivity index (χ1n) is 20.6. The van der Waals surface area contributed by atoms with Gasteiger partial charge >= 0.3 is 5.97 Å². The van der Waals surface area contributed by atoms with Crippen LogP contribution >= 0.6 is 0 Å². The number of methoxy groups -OCH3 is 1. The maximum atomic E-state index is 13.4. The molecule has 5 aromatic carbocycles. The van der Waals surface area contributed by atoms with Gasteiger partial charge in [0.25, 0.3) is 0 Å². The van der Waals surface area contributed by atoms with E-state index in [0.717, 1.165) is 57.7 Å². The lowest BCUT2D eigenvalue weighted by Gasteiger charge is -2.21. The highest BCUT2D eigenvalue weighted by atomic mass is 19.1. The Bertz CT molecular complexity index is 2560. The third-order valence-electron chi connectivity index (χ3n) is 10.5. The minimum Gasteiger partial charge on any atom is -0.488 e. The van der Waals surface area contributed by atoms with Crippen molar-refractivity contribution in [1.29, 1.82) is 0 Å². The van der Waals surface area contributed by atoms with Crippen molar-refractivity contribution >= 4 is 29.1 Å². The van der Waals surface area contributed by atoms with E-state index in [0.29, 0.717) is 41.3 Å².